The van der Waals surface area contributed by atoms with Crippen molar-refractivity contribution in [2.75, 3.05) is 20.1 Å². The molecule has 0 rings (SSSR count). The fourth-order valence-electron chi connectivity index (χ4n) is 1.46. The number of hydrogen-bond donors (Lipinski definition) is 2. The Hall–Kier alpha value is -0.320. The summed E-state index contributed by atoms with van der Waals surface area (Å²) in [4.78, 5) is 13.7. The van der Waals surface area contributed by atoms with Crippen molar-refractivity contribution in [3.63, 3.8) is 0 Å². The first kappa shape index (κ1) is 19.0. The van der Waals surface area contributed by atoms with Crippen molar-refractivity contribution in [1.82, 2.24) is 10.2 Å². The van der Waals surface area contributed by atoms with Gasteiger partial charge in [0.25, 0.3) is 0 Å². The standard InChI is InChI=1S/C12H27N3O.ClH/c1-5-7-11(13)12(16)14-8-9-15(4)10(3)6-2;/h10-11H,5-9,13H2,1-4H3,(H,14,16);1H. The Morgan fingerprint density at radius 1 is 1.41 bits per heavy atom. The minimum absolute atomic E-state index is 0. The van der Waals surface area contributed by atoms with E-state index < -0.39 is 0 Å². The molecule has 0 aromatic heterocycles. The van der Waals surface area contributed by atoms with E-state index in [9.17, 15) is 4.79 Å². The van der Waals surface area contributed by atoms with E-state index in [2.05, 4.69) is 31.1 Å². The summed E-state index contributed by atoms with van der Waals surface area (Å²) in [6.45, 7) is 7.93. The third-order valence-electron chi connectivity index (χ3n) is 3.04. The molecule has 3 N–H and O–H groups in total. The second kappa shape index (κ2) is 10.8. The van der Waals surface area contributed by atoms with Crippen LogP contribution in [0.1, 0.15) is 40.0 Å². The average Bonchev–Trinajstić information content (AvgIpc) is 2.27. The molecule has 0 aliphatic heterocycles. The lowest BCUT2D eigenvalue weighted by molar-refractivity contribution is -0.122. The van der Waals surface area contributed by atoms with Gasteiger partial charge in [-0.2, -0.15) is 0 Å². The number of carbonyl (C=O) groups is 1. The summed E-state index contributed by atoms with van der Waals surface area (Å²) < 4.78 is 0. The van der Waals surface area contributed by atoms with Gasteiger partial charge in [0, 0.05) is 19.1 Å². The largest absolute Gasteiger partial charge is 0.353 e. The van der Waals surface area contributed by atoms with Crippen LogP contribution in [-0.4, -0.2) is 43.0 Å². The summed E-state index contributed by atoms with van der Waals surface area (Å²) in [5.74, 6) is -0.0283. The monoisotopic (exact) mass is 265 g/mol. The molecule has 0 bridgehead atoms. The quantitative estimate of drug-likeness (QED) is 0.697. The zero-order valence-electron chi connectivity index (χ0n) is 11.5. The molecule has 5 heteroatoms. The van der Waals surface area contributed by atoms with Crippen molar-refractivity contribution in [2.24, 2.45) is 5.73 Å². The van der Waals surface area contributed by atoms with Gasteiger partial charge in [-0.15, -0.1) is 12.4 Å². The maximum Gasteiger partial charge on any atom is 0.236 e. The van der Waals surface area contributed by atoms with Crippen LogP contribution in [0.2, 0.25) is 0 Å². The second-order valence-electron chi connectivity index (χ2n) is 4.42. The first-order valence-electron chi connectivity index (χ1n) is 6.26. The Labute approximate surface area is 112 Å². The minimum atomic E-state index is -0.348. The smallest absolute Gasteiger partial charge is 0.236 e. The molecule has 2 unspecified atom stereocenters. The molecule has 0 aliphatic carbocycles. The van der Waals surface area contributed by atoms with Gasteiger partial charge in [0.05, 0.1) is 6.04 Å². The number of nitrogens with two attached hydrogens (primary N) is 1. The number of amides is 1. The fraction of sp³-hybridized carbons (Fsp3) is 0.917. The van der Waals surface area contributed by atoms with Gasteiger partial charge < -0.3 is 16.0 Å². The highest BCUT2D eigenvalue weighted by atomic mass is 35.5. The van der Waals surface area contributed by atoms with Crippen molar-refractivity contribution >= 4 is 18.3 Å². The lowest BCUT2D eigenvalue weighted by Gasteiger charge is -2.23. The fourth-order valence-corrected chi connectivity index (χ4v) is 1.46. The molecule has 2 atom stereocenters. The van der Waals surface area contributed by atoms with Crippen LogP contribution in [0.5, 0.6) is 0 Å². The summed E-state index contributed by atoms with van der Waals surface area (Å²) in [5.41, 5.74) is 5.70. The van der Waals surface area contributed by atoms with Crippen molar-refractivity contribution in [2.45, 2.75) is 52.1 Å². The van der Waals surface area contributed by atoms with Crippen molar-refractivity contribution in [1.29, 1.82) is 0 Å². The number of likely N-dealkylation sites (N-methyl/N-ethyl adjacent to an activating group) is 1. The predicted octanol–water partition coefficient (Wildman–Crippen LogP) is 1.38. The lowest BCUT2D eigenvalue weighted by atomic mass is 10.2. The van der Waals surface area contributed by atoms with Crippen LogP contribution in [0.3, 0.4) is 0 Å². The summed E-state index contributed by atoms with van der Waals surface area (Å²) in [6, 6.07) is 0.208. The van der Waals surface area contributed by atoms with Crippen LogP contribution in [-0.2, 0) is 4.79 Å². The van der Waals surface area contributed by atoms with Crippen LogP contribution in [0, 0.1) is 0 Å². The van der Waals surface area contributed by atoms with Gasteiger partial charge >= 0.3 is 0 Å². The van der Waals surface area contributed by atoms with Gasteiger partial charge in [0.1, 0.15) is 0 Å². The van der Waals surface area contributed by atoms with Crippen molar-refractivity contribution in [3.05, 3.63) is 0 Å². The number of rotatable bonds is 8. The predicted molar refractivity (Wildman–Crippen MR) is 75.5 cm³/mol. The Kier molecular flexibility index (Phi) is 12.1. The summed E-state index contributed by atoms with van der Waals surface area (Å²) >= 11 is 0. The molecule has 0 fully saturated rings. The highest BCUT2D eigenvalue weighted by Crippen LogP contribution is 1.98. The topological polar surface area (TPSA) is 58.4 Å². The van der Waals surface area contributed by atoms with Crippen LogP contribution in [0.25, 0.3) is 0 Å². The van der Waals surface area contributed by atoms with Gasteiger partial charge in [-0.05, 0) is 26.8 Å². The van der Waals surface area contributed by atoms with E-state index in [1.54, 1.807) is 0 Å². The number of nitrogens with zero attached hydrogens (tertiary/aromatic N) is 1. The van der Waals surface area contributed by atoms with Gasteiger partial charge in [-0.25, -0.2) is 0 Å². The zero-order valence-corrected chi connectivity index (χ0v) is 12.3. The lowest BCUT2D eigenvalue weighted by Crippen LogP contribution is -2.44. The molecular weight excluding hydrogens is 238 g/mol. The zero-order chi connectivity index (χ0) is 12.6. The van der Waals surface area contributed by atoms with Crippen molar-refractivity contribution in [3.8, 4) is 0 Å². The Balaban J connectivity index is 0. The molecule has 104 valence electrons. The maximum atomic E-state index is 11.5. The molecular formula is C12H28ClN3O. The van der Waals surface area contributed by atoms with E-state index in [0.717, 1.165) is 25.8 Å². The molecule has 0 heterocycles. The molecule has 4 nitrogen and oxygen atoms in total. The summed E-state index contributed by atoms with van der Waals surface area (Å²) in [7, 11) is 2.08. The number of carbonyl (C=O) groups excluding carboxylic acids is 1. The average molecular weight is 266 g/mol. The maximum absolute atomic E-state index is 11.5. The normalized spacial score (nSPS) is 14.0. The molecule has 0 saturated carbocycles. The van der Waals surface area contributed by atoms with Crippen molar-refractivity contribution < 1.29 is 4.79 Å². The Morgan fingerprint density at radius 3 is 2.47 bits per heavy atom. The summed E-state index contributed by atoms with van der Waals surface area (Å²) in [5, 5.41) is 2.87. The molecule has 0 spiro atoms. The van der Waals surface area contributed by atoms with Crippen LogP contribution in [0.15, 0.2) is 0 Å². The minimum Gasteiger partial charge on any atom is -0.353 e. The Bertz CT molecular complexity index is 202. The second-order valence-corrected chi connectivity index (χ2v) is 4.42. The van der Waals surface area contributed by atoms with E-state index in [0.29, 0.717) is 12.6 Å². The van der Waals surface area contributed by atoms with E-state index in [1.807, 2.05) is 6.92 Å². The van der Waals surface area contributed by atoms with E-state index in [-0.39, 0.29) is 24.4 Å². The van der Waals surface area contributed by atoms with Crippen LogP contribution < -0.4 is 11.1 Å². The van der Waals surface area contributed by atoms with E-state index >= 15 is 0 Å². The highest BCUT2D eigenvalue weighted by molar-refractivity contribution is 5.85. The summed E-state index contributed by atoms with van der Waals surface area (Å²) in [6.07, 6.45) is 2.83. The van der Waals surface area contributed by atoms with Crippen LogP contribution in [0.4, 0.5) is 0 Å². The van der Waals surface area contributed by atoms with Gasteiger partial charge in [0.15, 0.2) is 0 Å². The molecule has 17 heavy (non-hydrogen) atoms. The molecule has 0 aromatic carbocycles. The molecule has 0 radical (unpaired) electrons. The number of halogens is 1. The molecule has 1 amide bonds. The molecule has 0 aliphatic rings. The number of nitrogens with one attached hydrogen (secondary N) is 1. The molecule has 0 saturated heterocycles. The highest BCUT2D eigenvalue weighted by Gasteiger charge is 2.12. The molecule has 0 aromatic rings. The van der Waals surface area contributed by atoms with Gasteiger partial charge in [-0.3, -0.25) is 4.79 Å². The van der Waals surface area contributed by atoms with Gasteiger partial charge in [0.2, 0.25) is 5.91 Å². The first-order valence-corrected chi connectivity index (χ1v) is 6.26. The van der Waals surface area contributed by atoms with Crippen LogP contribution >= 0.6 is 12.4 Å². The third-order valence-corrected chi connectivity index (χ3v) is 3.04. The van der Waals surface area contributed by atoms with Gasteiger partial charge in [-0.1, -0.05) is 20.3 Å². The number of hydrogen-bond acceptors (Lipinski definition) is 3. The van der Waals surface area contributed by atoms with E-state index in [1.165, 1.54) is 0 Å². The first-order chi connectivity index (χ1) is 7.52. The SMILES string of the molecule is CCCC(N)C(=O)NCCN(C)C(C)CC.Cl. The third kappa shape index (κ3) is 8.41. The van der Waals surface area contributed by atoms with E-state index in [4.69, 9.17) is 5.73 Å². The Morgan fingerprint density at radius 2 is 2.00 bits per heavy atom.